The lowest BCUT2D eigenvalue weighted by Gasteiger charge is -2.33. The molecule has 0 fully saturated rings. The molecule has 0 aromatic heterocycles. The summed E-state index contributed by atoms with van der Waals surface area (Å²) >= 11 is 0. The number of anilines is 1. The molecule has 2 amide bonds. The number of carbonyl (C=O) groups excluding carboxylic acids is 2. The number of nitrogens with zero attached hydrogens (tertiary/aromatic N) is 2. The summed E-state index contributed by atoms with van der Waals surface area (Å²) in [5, 5.41) is 2.84. The fraction of sp³-hybridized carbons (Fsp3) is 0.355. The van der Waals surface area contributed by atoms with Crippen LogP contribution in [0.5, 0.6) is 0 Å². The molecule has 3 rings (SSSR count). The van der Waals surface area contributed by atoms with Crippen molar-refractivity contribution in [1.82, 2.24) is 10.2 Å². The summed E-state index contributed by atoms with van der Waals surface area (Å²) in [7, 11) is -4.48. The molecule has 0 radical (unpaired) electrons. The van der Waals surface area contributed by atoms with Crippen LogP contribution in [0.2, 0.25) is 0 Å². The molecule has 1 atom stereocenters. The summed E-state index contributed by atoms with van der Waals surface area (Å²) < 4.78 is 69.1. The van der Waals surface area contributed by atoms with Gasteiger partial charge < -0.3 is 10.2 Å². The van der Waals surface area contributed by atoms with Crippen molar-refractivity contribution in [3.8, 4) is 0 Å². The van der Waals surface area contributed by atoms with Gasteiger partial charge in [-0.05, 0) is 60.7 Å². The van der Waals surface area contributed by atoms with Gasteiger partial charge in [0.25, 0.3) is 10.0 Å². The maximum Gasteiger partial charge on any atom is 0.416 e. The number of carbonyl (C=O) groups is 2. The highest BCUT2D eigenvalue weighted by molar-refractivity contribution is 7.92. The van der Waals surface area contributed by atoms with E-state index in [0.717, 1.165) is 23.3 Å². The zero-order chi connectivity index (χ0) is 31.1. The first kappa shape index (κ1) is 32.7. The normalized spacial score (nSPS) is 12.6. The molecule has 0 saturated carbocycles. The first-order chi connectivity index (χ1) is 19.8. The van der Waals surface area contributed by atoms with Gasteiger partial charge in [0.15, 0.2) is 0 Å². The number of benzene rings is 3. The topological polar surface area (TPSA) is 86.8 Å². The number of aryl methyl sites for hydroxylation is 1. The van der Waals surface area contributed by atoms with E-state index in [1.807, 2.05) is 32.9 Å². The average Bonchev–Trinajstić information content (AvgIpc) is 2.95. The highest BCUT2D eigenvalue weighted by atomic mass is 32.2. The van der Waals surface area contributed by atoms with Gasteiger partial charge in [0, 0.05) is 13.1 Å². The molecule has 0 aliphatic heterocycles. The minimum Gasteiger partial charge on any atom is -0.354 e. The quantitative estimate of drug-likeness (QED) is 0.284. The number of alkyl halides is 3. The van der Waals surface area contributed by atoms with Gasteiger partial charge in [0.05, 0.1) is 16.1 Å². The molecule has 11 heteroatoms. The summed E-state index contributed by atoms with van der Waals surface area (Å²) in [5.74, 6) is -0.981. The zero-order valence-electron chi connectivity index (χ0n) is 24.1. The Hall–Kier alpha value is -3.86. The molecule has 42 heavy (non-hydrogen) atoms. The van der Waals surface area contributed by atoms with E-state index in [1.165, 1.54) is 35.2 Å². The third kappa shape index (κ3) is 8.12. The Labute approximate surface area is 245 Å². The fourth-order valence-electron chi connectivity index (χ4n) is 4.40. The van der Waals surface area contributed by atoms with Crippen LogP contribution >= 0.6 is 0 Å². The van der Waals surface area contributed by atoms with Crippen LogP contribution in [0, 0.1) is 12.8 Å². The number of sulfonamides is 1. The Morgan fingerprint density at radius 1 is 0.929 bits per heavy atom. The lowest BCUT2D eigenvalue weighted by Crippen LogP contribution is -2.52. The minimum atomic E-state index is -4.74. The molecule has 0 aliphatic rings. The first-order valence-corrected chi connectivity index (χ1v) is 15.1. The Kier molecular flexibility index (Phi) is 10.8. The molecule has 0 spiro atoms. The van der Waals surface area contributed by atoms with Crippen molar-refractivity contribution < 1.29 is 31.2 Å². The molecular formula is C31H36F3N3O4S. The van der Waals surface area contributed by atoms with Crippen LogP contribution in [0.1, 0.15) is 43.9 Å². The number of hydrogen-bond acceptors (Lipinski definition) is 4. The van der Waals surface area contributed by atoms with Crippen LogP contribution in [0.4, 0.5) is 18.9 Å². The van der Waals surface area contributed by atoms with E-state index in [2.05, 4.69) is 5.32 Å². The number of halogens is 3. The molecule has 1 unspecified atom stereocenters. The molecule has 226 valence electrons. The largest absolute Gasteiger partial charge is 0.416 e. The molecule has 3 aromatic carbocycles. The maximum absolute atomic E-state index is 14.1. The highest BCUT2D eigenvalue weighted by Gasteiger charge is 2.36. The molecule has 3 aromatic rings. The summed E-state index contributed by atoms with van der Waals surface area (Å²) in [6.45, 7) is 7.01. The van der Waals surface area contributed by atoms with E-state index >= 15 is 0 Å². The lowest BCUT2D eigenvalue weighted by molar-refractivity contribution is -0.140. The fourth-order valence-corrected chi connectivity index (χ4v) is 5.83. The second-order valence-corrected chi connectivity index (χ2v) is 12.2. The van der Waals surface area contributed by atoms with Gasteiger partial charge in [-0.15, -0.1) is 0 Å². The standard InChI is InChI=1S/C31H36F3N3O4S/c1-5-28(30(39)35-19-22(2)3)36(20-24-13-10-9-12-23(24)4)29(38)21-37(42(40,41)27-16-7-6-8-17-27)26-15-11-14-25(18-26)31(32,33)34/h6-18,22,28H,5,19-21H2,1-4H3,(H,35,39). The molecule has 0 aliphatic carbocycles. The van der Waals surface area contributed by atoms with E-state index in [9.17, 15) is 31.2 Å². The third-order valence-electron chi connectivity index (χ3n) is 6.74. The number of hydrogen-bond donors (Lipinski definition) is 1. The lowest BCUT2D eigenvalue weighted by atomic mass is 10.1. The van der Waals surface area contributed by atoms with Crippen molar-refractivity contribution in [2.24, 2.45) is 5.92 Å². The monoisotopic (exact) mass is 603 g/mol. The van der Waals surface area contributed by atoms with Gasteiger partial charge in [-0.1, -0.05) is 69.3 Å². The van der Waals surface area contributed by atoms with Gasteiger partial charge in [0.1, 0.15) is 12.6 Å². The van der Waals surface area contributed by atoms with Crippen LogP contribution in [0.3, 0.4) is 0 Å². The molecular weight excluding hydrogens is 567 g/mol. The molecule has 1 N–H and O–H groups in total. The van der Waals surface area contributed by atoms with Crippen LogP contribution in [0.15, 0.2) is 83.8 Å². The second kappa shape index (κ2) is 13.9. The Balaban J connectivity index is 2.11. The van der Waals surface area contributed by atoms with Crippen LogP contribution < -0.4 is 9.62 Å². The molecule has 0 heterocycles. The van der Waals surface area contributed by atoms with E-state index < -0.39 is 46.2 Å². The van der Waals surface area contributed by atoms with Crippen molar-refractivity contribution in [3.63, 3.8) is 0 Å². The molecule has 0 bridgehead atoms. The maximum atomic E-state index is 14.1. The van der Waals surface area contributed by atoms with Crippen molar-refractivity contribution in [2.75, 3.05) is 17.4 Å². The zero-order valence-corrected chi connectivity index (χ0v) is 24.9. The minimum absolute atomic E-state index is 0.000920. The summed E-state index contributed by atoms with van der Waals surface area (Å²) in [4.78, 5) is 28.4. The van der Waals surface area contributed by atoms with E-state index in [0.29, 0.717) is 16.9 Å². The van der Waals surface area contributed by atoms with Crippen molar-refractivity contribution in [2.45, 2.75) is 57.8 Å². The van der Waals surface area contributed by atoms with Crippen LogP contribution in [-0.4, -0.2) is 44.3 Å². The smallest absolute Gasteiger partial charge is 0.354 e. The first-order valence-electron chi connectivity index (χ1n) is 13.6. The SMILES string of the molecule is CCC(C(=O)NCC(C)C)N(Cc1ccccc1C)C(=O)CN(c1cccc(C(F)(F)F)c1)S(=O)(=O)c1ccccc1. The van der Waals surface area contributed by atoms with Gasteiger partial charge >= 0.3 is 6.18 Å². The van der Waals surface area contributed by atoms with E-state index in [4.69, 9.17) is 0 Å². The second-order valence-electron chi connectivity index (χ2n) is 10.4. The number of amides is 2. The summed E-state index contributed by atoms with van der Waals surface area (Å²) in [6.07, 6.45) is -4.50. The Morgan fingerprint density at radius 2 is 1.57 bits per heavy atom. The van der Waals surface area contributed by atoms with Gasteiger partial charge in [0.2, 0.25) is 11.8 Å². The van der Waals surface area contributed by atoms with E-state index in [1.54, 1.807) is 25.1 Å². The van der Waals surface area contributed by atoms with Crippen molar-refractivity contribution >= 4 is 27.5 Å². The summed E-state index contributed by atoms with van der Waals surface area (Å²) in [6, 6.07) is 17.3. The highest BCUT2D eigenvalue weighted by Crippen LogP contribution is 2.33. The predicted octanol–water partition coefficient (Wildman–Crippen LogP) is 5.79. The van der Waals surface area contributed by atoms with Gasteiger partial charge in [-0.3, -0.25) is 13.9 Å². The Bertz CT molecular complexity index is 1480. The molecule has 0 saturated heterocycles. The van der Waals surface area contributed by atoms with Crippen molar-refractivity contribution in [3.05, 3.63) is 95.6 Å². The number of rotatable bonds is 12. The number of nitrogens with one attached hydrogen (secondary N) is 1. The van der Waals surface area contributed by atoms with Gasteiger partial charge in [-0.2, -0.15) is 13.2 Å². The van der Waals surface area contributed by atoms with Crippen LogP contribution in [0.25, 0.3) is 0 Å². The Morgan fingerprint density at radius 3 is 2.17 bits per heavy atom. The summed E-state index contributed by atoms with van der Waals surface area (Å²) in [5.41, 5.74) is 0.226. The van der Waals surface area contributed by atoms with Gasteiger partial charge in [-0.25, -0.2) is 8.42 Å². The predicted molar refractivity (Wildman–Crippen MR) is 156 cm³/mol. The average molecular weight is 604 g/mol. The van der Waals surface area contributed by atoms with E-state index in [-0.39, 0.29) is 29.5 Å². The molecule has 7 nitrogen and oxygen atoms in total. The van der Waals surface area contributed by atoms with Crippen LogP contribution in [-0.2, 0) is 32.3 Å². The van der Waals surface area contributed by atoms with Crippen molar-refractivity contribution in [1.29, 1.82) is 0 Å². The third-order valence-corrected chi connectivity index (χ3v) is 8.53.